The molecule has 0 atom stereocenters. The van der Waals surface area contributed by atoms with Crippen LogP contribution in [0.5, 0.6) is 0 Å². The van der Waals surface area contributed by atoms with Gasteiger partial charge >= 0.3 is 0 Å². The quantitative estimate of drug-likeness (QED) is 0.838. The number of aryl methyl sites for hydroxylation is 1. The molecule has 2 aromatic rings. The van der Waals surface area contributed by atoms with E-state index in [1.54, 1.807) is 6.20 Å². The molecule has 1 N–H and O–H groups in total. The van der Waals surface area contributed by atoms with E-state index < -0.39 is 0 Å². The molecule has 3 rings (SSSR count). The van der Waals surface area contributed by atoms with Crippen LogP contribution >= 0.6 is 11.6 Å². The summed E-state index contributed by atoms with van der Waals surface area (Å²) in [6, 6.07) is 13.1. The summed E-state index contributed by atoms with van der Waals surface area (Å²) in [5.74, 6) is 0.675. The number of nitrogens with zero attached hydrogens (tertiary/aromatic N) is 1. The lowest BCUT2D eigenvalue weighted by Crippen LogP contribution is -2.34. The van der Waals surface area contributed by atoms with Gasteiger partial charge < -0.3 is 5.32 Å². The van der Waals surface area contributed by atoms with Gasteiger partial charge in [-0.1, -0.05) is 35.9 Å². The van der Waals surface area contributed by atoms with Crippen molar-refractivity contribution in [3.8, 4) is 0 Å². The van der Waals surface area contributed by atoms with Crippen LogP contribution in [0.15, 0.2) is 42.6 Å². The Hall–Kier alpha value is -1.54. The first kappa shape index (κ1) is 12.5. The predicted octanol–water partition coefficient (Wildman–Crippen LogP) is 4.40. The molecular formula is C16H17ClN2. The Balaban J connectivity index is 1.62. The molecule has 19 heavy (non-hydrogen) atoms. The summed E-state index contributed by atoms with van der Waals surface area (Å²) < 4.78 is 0. The topological polar surface area (TPSA) is 24.9 Å². The van der Waals surface area contributed by atoms with Crippen LogP contribution in [0.3, 0.4) is 0 Å². The van der Waals surface area contributed by atoms with Crippen LogP contribution in [0.2, 0.25) is 5.15 Å². The lowest BCUT2D eigenvalue weighted by molar-refractivity contribution is 0.373. The van der Waals surface area contributed by atoms with Crippen molar-refractivity contribution in [1.29, 1.82) is 0 Å². The lowest BCUT2D eigenvalue weighted by Gasteiger charge is -2.37. The summed E-state index contributed by atoms with van der Waals surface area (Å²) >= 11 is 6.05. The monoisotopic (exact) mass is 272 g/mol. The number of aromatic nitrogens is 1. The molecule has 1 aliphatic carbocycles. The van der Waals surface area contributed by atoms with Crippen molar-refractivity contribution in [2.24, 2.45) is 0 Å². The molecule has 1 aromatic carbocycles. The predicted molar refractivity (Wildman–Crippen MR) is 79.8 cm³/mol. The highest BCUT2D eigenvalue weighted by atomic mass is 35.5. The first-order valence-electron chi connectivity index (χ1n) is 6.66. The van der Waals surface area contributed by atoms with Gasteiger partial charge in [0.25, 0.3) is 0 Å². The molecule has 0 bridgehead atoms. The number of rotatable bonds is 3. The Labute approximate surface area is 118 Å². The molecule has 0 spiro atoms. The van der Waals surface area contributed by atoms with Gasteiger partial charge in [-0.2, -0.15) is 0 Å². The van der Waals surface area contributed by atoms with Crippen molar-refractivity contribution in [3.63, 3.8) is 0 Å². The van der Waals surface area contributed by atoms with Crippen LogP contribution < -0.4 is 5.32 Å². The van der Waals surface area contributed by atoms with Gasteiger partial charge in [0.2, 0.25) is 0 Å². The van der Waals surface area contributed by atoms with Crippen molar-refractivity contribution in [1.82, 2.24) is 4.98 Å². The largest absolute Gasteiger partial charge is 0.380 e. The number of nitrogens with one attached hydrogen (secondary N) is 1. The van der Waals surface area contributed by atoms with Crippen molar-refractivity contribution >= 4 is 17.3 Å². The standard InChI is InChI=1S/C16H17ClN2/c1-11-5-2-3-6-14(11)12-9-13(10-12)19-15-7-4-8-18-16(15)17/h2-8,12-13,19H,9-10H2,1H3. The summed E-state index contributed by atoms with van der Waals surface area (Å²) in [4.78, 5) is 4.08. The fourth-order valence-electron chi connectivity index (χ4n) is 2.75. The van der Waals surface area contributed by atoms with Gasteiger partial charge in [-0.25, -0.2) is 4.98 Å². The summed E-state index contributed by atoms with van der Waals surface area (Å²) in [5.41, 5.74) is 3.82. The zero-order valence-corrected chi connectivity index (χ0v) is 11.7. The normalized spacial score (nSPS) is 21.8. The second-order valence-electron chi connectivity index (χ2n) is 5.21. The van der Waals surface area contributed by atoms with Crippen LogP contribution in [0.25, 0.3) is 0 Å². The molecule has 1 heterocycles. The summed E-state index contributed by atoms with van der Waals surface area (Å²) in [5, 5.41) is 4.03. The van der Waals surface area contributed by atoms with E-state index in [-0.39, 0.29) is 0 Å². The molecule has 0 aliphatic heterocycles. The van der Waals surface area contributed by atoms with E-state index in [0.29, 0.717) is 17.1 Å². The van der Waals surface area contributed by atoms with E-state index in [4.69, 9.17) is 11.6 Å². The molecular weight excluding hydrogens is 256 g/mol. The Kier molecular flexibility index (Phi) is 3.43. The number of benzene rings is 1. The molecule has 0 radical (unpaired) electrons. The molecule has 0 amide bonds. The highest BCUT2D eigenvalue weighted by Crippen LogP contribution is 2.40. The van der Waals surface area contributed by atoms with E-state index in [1.807, 2.05) is 12.1 Å². The van der Waals surface area contributed by atoms with Gasteiger partial charge in [-0.05, 0) is 48.9 Å². The summed E-state index contributed by atoms with van der Waals surface area (Å²) in [7, 11) is 0. The maximum atomic E-state index is 6.05. The van der Waals surface area contributed by atoms with Crippen LogP contribution in [0.1, 0.15) is 29.9 Å². The second kappa shape index (κ2) is 5.22. The van der Waals surface area contributed by atoms with E-state index in [0.717, 1.165) is 18.5 Å². The minimum absolute atomic E-state index is 0.506. The molecule has 1 aliphatic rings. The van der Waals surface area contributed by atoms with Crippen LogP contribution in [-0.4, -0.2) is 11.0 Å². The molecule has 1 fully saturated rings. The average molecular weight is 273 g/mol. The number of halogens is 1. The first-order valence-corrected chi connectivity index (χ1v) is 7.04. The lowest BCUT2D eigenvalue weighted by atomic mass is 9.74. The Bertz CT molecular complexity index is 576. The maximum absolute atomic E-state index is 6.05. The zero-order valence-electron chi connectivity index (χ0n) is 10.9. The zero-order chi connectivity index (χ0) is 13.2. The van der Waals surface area contributed by atoms with E-state index in [1.165, 1.54) is 11.1 Å². The van der Waals surface area contributed by atoms with Gasteiger partial charge in [0, 0.05) is 12.2 Å². The van der Waals surface area contributed by atoms with Crippen molar-refractivity contribution in [2.45, 2.75) is 31.7 Å². The second-order valence-corrected chi connectivity index (χ2v) is 5.57. The third-order valence-electron chi connectivity index (χ3n) is 3.89. The Morgan fingerprint density at radius 2 is 1.95 bits per heavy atom. The van der Waals surface area contributed by atoms with Gasteiger partial charge in [0.05, 0.1) is 5.69 Å². The number of hydrogen-bond acceptors (Lipinski definition) is 2. The molecule has 0 unspecified atom stereocenters. The highest BCUT2D eigenvalue weighted by molar-refractivity contribution is 6.31. The van der Waals surface area contributed by atoms with Gasteiger partial charge in [-0.15, -0.1) is 0 Å². The smallest absolute Gasteiger partial charge is 0.152 e. The van der Waals surface area contributed by atoms with Crippen molar-refractivity contribution < 1.29 is 0 Å². The Morgan fingerprint density at radius 3 is 2.68 bits per heavy atom. The van der Waals surface area contributed by atoms with Gasteiger partial charge in [0.1, 0.15) is 0 Å². The van der Waals surface area contributed by atoms with Gasteiger partial charge in [0.15, 0.2) is 5.15 Å². The van der Waals surface area contributed by atoms with E-state index >= 15 is 0 Å². The van der Waals surface area contributed by atoms with Crippen LogP contribution in [-0.2, 0) is 0 Å². The minimum atomic E-state index is 0.506. The third kappa shape index (κ3) is 2.59. The van der Waals surface area contributed by atoms with E-state index in [2.05, 4.69) is 41.5 Å². The minimum Gasteiger partial charge on any atom is -0.380 e. The Morgan fingerprint density at radius 1 is 1.16 bits per heavy atom. The number of pyridine rings is 1. The maximum Gasteiger partial charge on any atom is 0.152 e. The molecule has 3 heteroatoms. The summed E-state index contributed by atoms with van der Waals surface area (Å²) in [6.45, 7) is 2.19. The van der Waals surface area contributed by atoms with Crippen molar-refractivity contribution in [2.75, 3.05) is 5.32 Å². The fourth-order valence-corrected chi connectivity index (χ4v) is 2.92. The fraction of sp³-hybridized carbons (Fsp3) is 0.312. The molecule has 1 aromatic heterocycles. The molecule has 0 saturated heterocycles. The van der Waals surface area contributed by atoms with Crippen LogP contribution in [0, 0.1) is 6.92 Å². The highest BCUT2D eigenvalue weighted by Gasteiger charge is 2.31. The molecule has 2 nitrogen and oxygen atoms in total. The summed E-state index contributed by atoms with van der Waals surface area (Å²) in [6.07, 6.45) is 4.04. The first-order chi connectivity index (χ1) is 9.24. The third-order valence-corrected chi connectivity index (χ3v) is 4.19. The number of anilines is 1. The number of hydrogen-bond donors (Lipinski definition) is 1. The van der Waals surface area contributed by atoms with E-state index in [9.17, 15) is 0 Å². The average Bonchev–Trinajstić information content (AvgIpc) is 2.37. The van der Waals surface area contributed by atoms with Crippen molar-refractivity contribution in [3.05, 3.63) is 58.9 Å². The molecule has 1 saturated carbocycles. The molecule has 98 valence electrons. The van der Waals surface area contributed by atoms with Crippen LogP contribution in [0.4, 0.5) is 5.69 Å². The SMILES string of the molecule is Cc1ccccc1C1CC(Nc2cccnc2Cl)C1. The van der Waals surface area contributed by atoms with Gasteiger partial charge in [-0.3, -0.25) is 0 Å².